The van der Waals surface area contributed by atoms with Crippen LogP contribution in [0.2, 0.25) is 0 Å². The van der Waals surface area contributed by atoms with Crippen LogP contribution in [0.1, 0.15) is 30.9 Å². The van der Waals surface area contributed by atoms with E-state index in [-0.39, 0.29) is 0 Å². The van der Waals surface area contributed by atoms with Crippen molar-refractivity contribution >= 4 is 5.97 Å². The summed E-state index contributed by atoms with van der Waals surface area (Å²) in [6, 6.07) is 8.46. The lowest BCUT2D eigenvalue weighted by Crippen LogP contribution is -2.29. The maximum Gasteiger partial charge on any atom is 0.310 e. The molecule has 2 N–H and O–H groups in total. The third-order valence-electron chi connectivity index (χ3n) is 3.53. The van der Waals surface area contributed by atoms with E-state index in [0.717, 1.165) is 25.8 Å². The van der Waals surface area contributed by atoms with E-state index in [2.05, 4.69) is 36.5 Å². The van der Waals surface area contributed by atoms with Crippen LogP contribution in [-0.4, -0.2) is 17.6 Å². The Labute approximate surface area is 102 Å². The molecular formula is C14H19NO2. The minimum absolute atomic E-state index is 0.469. The second-order valence-corrected chi connectivity index (χ2v) is 4.86. The van der Waals surface area contributed by atoms with E-state index in [1.54, 1.807) is 0 Å². The highest BCUT2D eigenvalue weighted by Gasteiger charge is 2.49. The molecule has 0 saturated heterocycles. The lowest BCUT2D eigenvalue weighted by molar-refractivity contribution is -0.143. The first kappa shape index (κ1) is 12.1. The molecule has 0 aromatic heterocycles. The highest BCUT2D eigenvalue weighted by atomic mass is 16.4. The van der Waals surface area contributed by atoms with Gasteiger partial charge in [-0.05, 0) is 30.4 Å². The van der Waals surface area contributed by atoms with Gasteiger partial charge in [-0.25, -0.2) is 0 Å². The number of rotatable bonds is 6. The second kappa shape index (κ2) is 4.88. The summed E-state index contributed by atoms with van der Waals surface area (Å²) in [4.78, 5) is 11.0. The fraction of sp³-hybridized carbons (Fsp3) is 0.500. The second-order valence-electron chi connectivity index (χ2n) is 4.86. The number of benzene rings is 1. The van der Waals surface area contributed by atoms with Gasteiger partial charge in [0.05, 0.1) is 5.41 Å². The average Bonchev–Trinajstić information content (AvgIpc) is 3.11. The summed E-state index contributed by atoms with van der Waals surface area (Å²) in [5, 5.41) is 12.3. The Kier molecular flexibility index (Phi) is 3.48. The average molecular weight is 233 g/mol. The van der Waals surface area contributed by atoms with Crippen LogP contribution in [0.5, 0.6) is 0 Å². The zero-order valence-electron chi connectivity index (χ0n) is 10.2. The first-order valence-electron chi connectivity index (χ1n) is 6.18. The van der Waals surface area contributed by atoms with Crippen molar-refractivity contribution in [3.63, 3.8) is 0 Å². The molecule has 1 fully saturated rings. The lowest BCUT2D eigenvalue weighted by Gasteiger charge is -2.11. The molecule has 1 saturated carbocycles. The molecule has 3 heteroatoms. The number of aliphatic carboxylic acids is 1. The molecule has 92 valence electrons. The Bertz CT molecular complexity index is 393. The standard InChI is InChI=1S/C14H19NO2/c1-2-11-3-5-12(6-4-11)9-15-10-14(7-8-14)13(16)17/h3-6,15H,2,7-10H2,1H3,(H,16,17). The Morgan fingerprint density at radius 3 is 2.35 bits per heavy atom. The molecule has 3 nitrogen and oxygen atoms in total. The number of aryl methyl sites for hydroxylation is 1. The van der Waals surface area contributed by atoms with Crippen molar-refractivity contribution < 1.29 is 9.90 Å². The van der Waals surface area contributed by atoms with Gasteiger partial charge in [0, 0.05) is 13.1 Å². The van der Waals surface area contributed by atoms with E-state index in [4.69, 9.17) is 5.11 Å². The zero-order valence-corrected chi connectivity index (χ0v) is 10.2. The first-order valence-corrected chi connectivity index (χ1v) is 6.18. The Morgan fingerprint density at radius 2 is 1.88 bits per heavy atom. The molecule has 0 atom stereocenters. The monoisotopic (exact) mass is 233 g/mol. The summed E-state index contributed by atoms with van der Waals surface area (Å²) in [6.45, 7) is 3.47. The van der Waals surface area contributed by atoms with Crippen molar-refractivity contribution in [3.05, 3.63) is 35.4 Å². The van der Waals surface area contributed by atoms with Crippen molar-refractivity contribution in [1.29, 1.82) is 0 Å². The molecule has 1 aromatic rings. The summed E-state index contributed by atoms with van der Waals surface area (Å²) in [5.41, 5.74) is 2.07. The normalized spacial score (nSPS) is 16.8. The molecule has 0 amide bonds. The van der Waals surface area contributed by atoms with Crippen molar-refractivity contribution in [2.45, 2.75) is 32.7 Å². The quantitative estimate of drug-likeness (QED) is 0.792. The fourth-order valence-corrected chi connectivity index (χ4v) is 1.96. The smallest absolute Gasteiger partial charge is 0.310 e. The van der Waals surface area contributed by atoms with Crippen LogP contribution < -0.4 is 5.32 Å². The van der Waals surface area contributed by atoms with Gasteiger partial charge in [0.2, 0.25) is 0 Å². The largest absolute Gasteiger partial charge is 0.481 e. The molecule has 0 radical (unpaired) electrons. The summed E-state index contributed by atoms with van der Waals surface area (Å²) in [6.07, 6.45) is 2.67. The number of carboxylic acid groups (broad SMARTS) is 1. The van der Waals surface area contributed by atoms with Gasteiger partial charge >= 0.3 is 5.97 Å². The molecule has 2 rings (SSSR count). The number of hydrogen-bond donors (Lipinski definition) is 2. The van der Waals surface area contributed by atoms with Gasteiger partial charge in [0.15, 0.2) is 0 Å². The number of hydrogen-bond acceptors (Lipinski definition) is 2. The minimum Gasteiger partial charge on any atom is -0.481 e. The van der Waals surface area contributed by atoms with Gasteiger partial charge in [0.1, 0.15) is 0 Å². The first-order chi connectivity index (χ1) is 8.16. The van der Waals surface area contributed by atoms with Gasteiger partial charge in [0.25, 0.3) is 0 Å². The topological polar surface area (TPSA) is 49.3 Å². The zero-order chi connectivity index (χ0) is 12.3. The van der Waals surface area contributed by atoms with Crippen LogP contribution in [0.4, 0.5) is 0 Å². The maximum absolute atomic E-state index is 11.0. The minimum atomic E-state index is -0.661. The molecule has 0 bridgehead atoms. The highest BCUT2D eigenvalue weighted by molar-refractivity contribution is 5.78. The van der Waals surface area contributed by atoms with Crippen molar-refractivity contribution in [2.24, 2.45) is 5.41 Å². The molecular weight excluding hydrogens is 214 g/mol. The third-order valence-corrected chi connectivity index (χ3v) is 3.53. The Hall–Kier alpha value is -1.35. The van der Waals surface area contributed by atoms with Crippen molar-refractivity contribution in [3.8, 4) is 0 Å². The Balaban J connectivity index is 1.80. The molecule has 1 aromatic carbocycles. The van der Waals surface area contributed by atoms with Gasteiger partial charge in [-0.15, -0.1) is 0 Å². The number of carbonyl (C=O) groups is 1. The van der Waals surface area contributed by atoms with Gasteiger partial charge in [-0.3, -0.25) is 4.79 Å². The summed E-state index contributed by atoms with van der Waals surface area (Å²) in [7, 11) is 0. The summed E-state index contributed by atoms with van der Waals surface area (Å²) >= 11 is 0. The van der Waals surface area contributed by atoms with E-state index in [1.165, 1.54) is 11.1 Å². The fourth-order valence-electron chi connectivity index (χ4n) is 1.96. The number of nitrogens with one attached hydrogen (secondary N) is 1. The molecule has 1 aliphatic rings. The molecule has 0 unspecified atom stereocenters. The lowest BCUT2D eigenvalue weighted by atomic mass is 10.1. The summed E-state index contributed by atoms with van der Waals surface area (Å²) in [5.74, 6) is -0.661. The van der Waals surface area contributed by atoms with Crippen molar-refractivity contribution in [2.75, 3.05) is 6.54 Å². The molecule has 1 aliphatic carbocycles. The van der Waals surface area contributed by atoms with E-state index < -0.39 is 11.4 Å². The molecule has 0 aliphatic heterocycles. The summed E-state index contributed by atoms with van der Waals surface area (Å²) < 4.78 is 0. The third kappa shape index (κ3) is 2.86. The highest BCUT2D eigenvalue weighted by Crippen LogP contribution is 2.45. The predicted octanol–water partition coefficient (Wildman–Crippen LogP) is 2.20. The van der Waals surface area contributed by atoms with Crippen molar-refractivity contribution in [1.82, 2.24) is 5.32 Å². The van der Waals surface area contributed by atoms with E-state index in [0.29, 0.717) is 6.54 Å². The van der Waals surface area contributed by atoms with Crippen LogP contribution in [0.15, 0.2) is 24.3 Å². The Morgan fingerprint density at radius 1 is 1.29 bits per heavy atom. The van der Waals surface area contributed by atoms with Gasteiger partial charge < -0.3 is 10.4 Å². The van der Waals surface area contributed by atoms with E-state index in [1.807, 2.05) is 0 Å². The molecule has 0 spiro atoms. The number of carboxylic acids is 1. The predicted molar refractivity (Wildman–Crippen MR) is 66.8 cm³/mol. The van der Waals surface area contributed by atoms with Crippen LogP contribution in [0, 0.1) is 5.41 Å². The maximum atomic E-state index is 11.0. The van der Waals surface area contributed by atoms with Crippen LogP contribution in [0.25, 0.3) is 0 Å². The SMILES string of the molecule is CCc1ccc(CNCC2(C(=O)O)CC2)cc1. The molecule has 17 heavy (non-hydrogen) atoms. The van der Waals surface area contributed by atoms with E-state index >= 15 is 0 Å². The van der Waals surface area contributed by atoms with E-state index in [9.17, 15) is 4.79 Å². The van der Waals surface area contributed by atoms with Crippen LogP contribution in [0.3, 0.4) is 0 Å². The van der Waals surface area contributed by atoms with Crippen LogP contribution >= 0.6 is 0 Å². The van der Waals surface area contributed by atoms with Gasteiger partial charge in [-0.1, -0.05) is 31.2 Å². The van der Waals surface area contributed by atoms with Gasteiger partial charge in [-0.2, -0.15) is 0 Å². The van der Waals surface area contributed by atoms with Crippen LogP contribution in [-0.2, 0) is 17.8 Å². The molecule has 0 heterocycles.